The van der Waals surface area contributed by atoms with E-state index in [0.29, 0.717) is 12.1 Å². The lowest BCUT2D eigenvalue weighted by molar-refractivity contribution is 0.237. The van der Waals surface area contributed by atoms with E-state index in [4.69, 9.17) is 9.47 Å². The molecule has 2 rings (SSSR count). The molecule has 1 aliphatic rings. The molecule has 2 unspecified atom stereocenters. The van der Waals surface area contributed by atoms with Gasteiger partial charge in [-0.2, -0.15) is 0 Å². The maximum atomic E-state index is 5.78. The fraction of sp³-hybridized carbons (Fsp3) is 0.667. The standard InChI is InChI=1S/C18H29NO2/c1-4-6-8-14(7-5-2)19-17-11-12-21-18-10-9-15(20-3)13-16(17)18/h9-10,13-14,17,19H,4-8,11-12H2,1-3H3. The van der Waals surface area contributed by atoms with Gasteiger partial charge in [-0.1, -0.05) is 33.1 Å². The van der Waals surface area contributed by atoms with Crippen molar-refractivity contribution in [3.63, 3.8) is 0 Å². The molecule has 0 saturated heterocycles. The Morgan fingerprint density at radius 1 is 1.29 bits per heavy atom. The quantitative estimate of drug-likeness (QED) is 0.766. The summed E-state index contributed by atoms with van der Waals surface area (Å²) in [6.07, 6.45) is 7.34. The van der Waals surface area contributed by atoms with Crippen LogP contribution >= 0.6 is 0 Å². The van der Waals surface area contributed by atoms with Gasteiger partial charge in [0.05, 0.1) is 13.7 Å². The van der Waals surface area contributed by atoms with Crippen LogP contribution in [0, 0.1) is 0 Å². The van der Waals surface area contributed by atoms with Gasteiger partial charge in [0.15, 0.2) is 0 Å². The van der Waals surface area contributed by atoms with E-state index < -0.39 is 0 Å². The molecule has 21 heavy (non-hydrogen) atoms. The van der Waals surface area contributed by atoms with Crippen LogP contribution in [0.3, 0.4) is 0 Å². The monoisotopic (exact) mass is 291 g/mol. The molecule has 3 heteroatoms. The number of hydrogen-bond donors (Lipinski definition) is 1. The normalized spacial score (nSPS) is 18.7. The van der Waals surface area contributed by atoms with Gasteiger partial charge < -0.3 is 14.8 Å². The van der Waals surface area contributed by atoms with Crippen LogP contribution in [0.2, 0.25) is 0 Å². The van der Waals surface area contributed by atoms with Crippen LogP contribution in [-0.4, -0.2) is 19.8 Å². The molecule has 0 aliphatic carbocycles. The average molecular weight is 291 g/mol. The largest absolute Gasteiger partial charge is 0.497 e. The van der Waals surface area contributed by atoms with Crippen molar-refractivity contribution in [2.75, 3.05) is 13.7 Å². The van der Waals surface area contributed by atoms with Gasteiger partial charge in [0.2, 0.25) is 0 Å². The highest BCUT2D eigenvalue weighted by atomic mass is 16.5. The second kappa shape index (κ2) is 8.28. The minimum atomic E-state index is 0.386. The Morgan fingerprint density at radius 3 is 2.86 bits per heavy atom. The number of fused-ring (bicyclic) bond motifs is 1. The van der Waals surface area contributed by atoms with E-state index in [1.165, 1.54) is 37.7 Å². The SMILES string of the molecule is CCCCC(CCC)NC1CCOc2ccc(OC)cc21. The molecule has 0 spiro atoms. The second-order valence-electron chi connectivity index (χ2n) is 5.89. The minimum Gasteiger partial charge on any atom is -0.497 e. The summed E-state index contributed by atoms with van der Waals surface area (Å²) in [5.41, 5.74) is 1.25. The lowest BCUT2D eigenvalue weighted by Crippen LogP contribution is -2.35. The number of rotatable bonds is 8. The Morgan fingerprint density at radius 2 is 2.14 bits per heavy atom. The fourth-order valence-electron chi connectivity index (χ4n) is 3.07. The van der Waals surface area contributed by atoms with Crippen LogP contribution < -0.4 is 14.8 Å². The van der Waals surface area contributed by atoms with Crippen LogP contribution in [0.25, 0.3) is 0 Å². The van der Waals surface area contributed by atoms with Gasteiger partial charge in [-0.3, -0.25) is 0 Å². The van der Waals surface area contributed by atoms with E-state index in [1.807, 2.05) is 12.1 Å². The molecular weight excluding hydrogens is 262 g/mol. The summed E-state index contributed by atoms with van der Waals surface area (Å²) in [4.78, 5) is 0. The molecule has 0 fully saturated rings. The van der Waals surface area contributed by atoms with E-state index in [9.17, 15) is 0 Å². The molecule has 1 aromatic rings. The van der Waals surface area contributed by atoms with Crippen molar-refractivity contribution < 1.29 is 9.47 Å². The van der Waals surface area contributed by atoms with E-state index in [1.54, 1.807) is 7.11 Å². The molecule has 0 saturated carbocycles. The molecule has 1 aromatic carbocycles. The lowest BCUT2D eigenvalue weighted by Gasteiger charge is -2.31. The van der Waals surface area contributed by atoms with Gasteiger partial charge in [0, 0.05) is 24.1 Å². The summed E-state index contributed by atoms with van der Waals surface area (Å²) in [6.45, 7) is 5.32. The molecule has 0 bridgehead atoms. The van der Waals surface area contributed by atoms with Gasteiger partial charge in [-0.25, -0.2) is 0 Å². The first kappa shape index (κ1) is 16.2. The highest BCUT2D eigenvalue weighted by Crippen LogP contribution is 2.35. The van der Waals surface area contributed by atoms with Gasteiger partial charge in [0.1, 0.15) is 11.5 Å². The third-order valence-corrected chi connectivity index (χ3v) is 4.24. The van der Waals surface area contributed by atoms with Crippen molar-refractivity contribution in [2.45, 2.75) is 64.5 Å². The molecule has 1 N–H and O–H groups in total. The first-order valence-electron chi connectivity index (χ1n) is 8.35. The van der Waals surface area contributed by atoms with Crippen molar-refractivity contribution in [2.24, 2.45) is 0 Å². The van der Waals surface area contributed by atoms with Gasteiger partial charge in [-0.05, 0) is 31.0 Å². The summed E-state index contributed by atoms with van der Waals surface area (Å²) < 4.78 is 11.1. The third kappa shape index (κ3) is 4.37. The second-order valence-corrected chi connectivity index (χ2v) is 5.89. The summed E-state index contributed by atoms with van der Waals surface area (Å²) >= 11 is 0. The highest BCUT2D eigenvalue weighted by Gasteiger charge is 2.24. The van der Waals surface area contributed by atoms with Crippen LogP contribution in [0.5, 0.6) is 11.5 Å². The fourth-order valence-corrected chi connectivity index (χ4v) is 3.07. The predicted octanol–water partition coefficient (Wildman–Crippen LogP) is 4.47. The Kier molecular flexibility index (Phi) is 6.37. The van der Waals surface area contributed by atoms with Crippen LogP contribution in [0.15, 0.2) is 18.2 Å². The number of benzene rings is 1. The Balaban J connectivity index is 2.09. The van der Waals surface area contributed by atoms with E-state index in [0.717, 1.165) is 24.5 Å². The first-order valence-corrected chi connectivity index (χ1v) is 8.35. The molecule has 1 heterocycles. The zero-order valence-electron chi connectivity index (χ0n) is 13.7. The molecule has 3 nitrogen and oxygen atoms in total. The van der Waals surface area contributed by atoms with Crippen molar-refractivity contribution in [1.29, 1.82) is 0 Å². The van der Waals surface area contributed by atoms with Crippen molar-refractivity contribution in [3.05, 3.63) is 23.8 Å². The summed E-state index contributed by atoms with van der Waals surface area (Å²) in [7, 11) is 1.72. The third-order valence-electron chi connectivity index (χ3n) is 4.24. The Labute approximate surface area is 129 Å². The topological polar surface area (TPSA) is 30.5 Å². The zero-order chi connectivity index (χ0) is 15.1. The van der Waals surface area contributed by atoms with Crippen LogP contribution in [0.1, 0.15) is 64.0 Å². The number of ether oxygens (including phenoxy) is 2. The van der Waals surface area contributed by atoms with E-state index in [-0.39, 0.29) is 0 Å². The van der Waals surface area contributed by atoms with Gasteiger partial charge in [0.25, 0.3) is 0 Å². The van der Waals surface area contributed by atoms with Crippen molar-refractivity contribution in [1.82, 2.24) is 5.32 Å². The smallest absolute Gasteiger partial charge is 0.124 e. The van der Waals surface area contributed by atoms with Crippen LogP contribution in [0.4, 0.5) is 0 Å². The van der Waals surface area contributed by atoms with Crippen LogP contribution in [-0.2, 0) is 0 Å². The first-order chi connectivity index (χ1) is 10.3. The molecule has 0 radical (unpaired) electrons. The maximum Gasteiger partial charge on any atom is 0.124 e. The zero-order valence-corrected chi connectivity index (χ0v) is 13.7. The number of unbranched alkanes of at least 4 members (excludes halogenated alkanes) is 1. The summed E-state index contributed by atoms with van der Waals surface area (Å²) in [5, 5.41) is 3.86. The summed E-state index contributed by atoms with van der Waals surface area (Å²) in [6, 6.07) is 7.12. The highest BCUT2D eigenvalue weighted by molar-refractivity contribution is 5.43. The van der Waals surface area contributed by atoms with E-state index >= 15 is 0 Å². The number of methoxy groups -OCH3 is 1. The Bertz CT molecular complexity index is 433. The number of nitrogens with one attached hydrogen (secondary N) is 1. The van der Waals surface area contributed by atoms with Gasteiger partial charge in [-0.15, -0.1) is 0 Å². The molecule has 118 valence electrons. The Hall–Kier alpha value is -1.22. The minimum absolute atomic E-state index is 0.386. The summed E-state index contributed by atoms with van der Waals surface area (Å²) in [5.74, 6) is 1.91. The molecular formula is C18H29NO2. The maximum absolute atomic E-state index is 5.78. The molecule has 1 aliphatic heterocycles. The molecule has 0 aromatic heterocycles. The van der Waals surface area contributed by atoms with Crippen molar-refractivity contribution in [3.8, 4) is 11.5 Å². The lowest BCUT2D eigenvalue weighted by atomic mass is 9.97. The average Bonchev–Trinajstić information content (AvgIpc) is 2.52. The van der Waals surface area contributed by atoms with E-state index in [2.05, 4.69) is 25.2 Å². The van der Waals surface area contributed by atoms with Crippen molar-refractivity contribution >= 4 is 0 Å². The predicted molar refractivity (Wildman–Crippen MR) is 87.2 cm³/mol. The van der Waals surface area contributed by atoms with Gasteiger partial charge >= 0.3 is 0 Å². The molecule has 2 atom stereocenters. The molecule has 0 amide bonds. The number of hydrogen-bond acceptors (Lipinski definition) is 3.